The Morgan fingerprint density at radius 1 is 1.03 bits per heavy atom. The third-order valence-corrected chi connectivity index (χ3v) is 4.49. The van der Waals surface area contributed by atoms with E-state index in [-0.39, 0.29) is 6.54 Å². The van der Waals surface area contributed by atoms with Gasteiger partial charge < -0.3 is 25.2 Å². The highest BCUT2D eigenvalue weighted by Gasteiger charge is 2.21. The smallest absolute Gasteiger partial charge is 0.410 e. The molecule has 0 unspecified atom stereocenters. The normalized spacial score (nSPS) is 12.9. The lowest BCUT2D eigenvalue weighted by molar-refractivity contribution is 0.0205. The van der Waals surface area contributed by atoms with Crippen LogP contribution in [0.3, 0.4) is 0 Å². The van der Waals surface area contributed by atoms with Crippen molar-refractivity contribution in [3.8, 4) is 0 Å². The van der Waals surface area contributed by atoms with E-state index >= 15 is 0 Å². The quantitative estimate of drug-likeness (QED) is 0.562. The van der Waals surface area contributed by atoms with E-state index in [0.29, 0.717) is 22.2 Å². The number of hydrogen-bond donors (Lipinski definition) is 3. The van der Waals surface area contributed by atoms with Gasteiger partial charge in [0, 0.05) is 23.6 Å². The van der Waals surface area contributed by atoms with Gasteiger partial charge in [-0.25, -0.2) is 4.79 Å². The zero-order valence-electron chi connectivity index (χ0n) is 18.6. The summed E-state index contributed by atoms with van der Waals surface area (Å²) in [6, 6.07) is 14.2. The zero-order valence-corrected chi connectivity index (χ0v) is 20.1. The summed E-state index contributed by atoms with van der Waals surface area (Å²) in [4.78, 5) is 13.1. The molecule has 3 N–H and O–H groups in total. The molecule has 0 saturated heterocycles. The van der Waals surface area contributed by atoms with Crippen molar-refractivity contribution < 1.29 is 19.7 Å². The molecule has 0 radical (unpaired) electrons. The number of halogens is 2. The predicted octanol–water partition coefficient (Wildman–Crippen LogP) is 4.83. The minimum absolute atomic E-state index is 0.148. The van der Waals surface area contributed by atoms with Gasteiger partial charge in [-0.05, 0) is 63.2 Å². The van der Waals surface area contributed by atoms with Crippen molar-refractivity contribution in [2.24, 2.45) is 0 Å². The van der Waals surface area contributed by atoms with Crippen molar-refractivity contribution in [2.75, 3.05) is 27.2 Å². The van der Waals surface area contributed by atoms with Gasteiger partial charge in [0.2, 0.25) is 0 Å². The summed E-state index contributed by atoms with van der Waals surface area (Å²) in [7, 11) is 3.38. The van der Waals surface area contributed by atoms with E-state index in [1.54, 1.807) is 71.3 Å². The van der Waals surface area contributed by atoms with Crippen LogP contribution in [-0.4, -0.2) is 54.0 Å². The number of benzene rings is 2. The fourth-order valence-corrected chi connectivity index (χ4v) is 2.92. The van der Waals surface area contributed by atoms with Crippen LogP contribution in [-0.2, 0) is 4.74 Å². The minimum Gasteiger partial charge on any atom is -0.444 e. The summed E-state index contributed by atoms with van der Waals surface area (Å²) < 4.78 is 5.21. The average Bonchev–Trinajstić information content (AvgIpc) is 2.67. The summed E-state index contributed by atoms with van der Waals surface area (Å²) in [5, 5.41) is 23.7. The molecule has 0 heterocycles. The van der Waals surface area contributed by atoms with E-state index in [1.165, 1.54) is 4.90 Å². The van der Waals surface area contributed by atoms with E-state index in [9.17, 15) is 15.0 Å². The summed E-state index contributed by atoms with van der Waals surface area (Å²) in [6.07, 6.45) is -1.74. The van der Waals surface area contributed by atoms with E-state index < -0.39 is 23.9 Å². The number of carbonyl (C=O) groups is 1. The molecule has 0 fully saturated rings. The van der Waals surface area contributed by atoms with Crippen molar-refractivity contribution in [1.29, 1.82) is 0 Å². The average molecular weight is 471 g/mol. The van der Waals surface area contributed by atoms with Crippen LogP contribution in [0.2, 0.25) is 10.0 Å². The molecule has 0 aliphatic rings. The second-order valence-electron chi connectivity index (χ2n) is 8.06. The van der Waals surface area contributed by atoms with Crippen LogP contribution in [0.5, 0.6) is 0 Å². The molecular weight excluding hydrogens is 439 g/mol. The first-order valence-corrected chi connectivity index (χ1v) is 10.6. The van der Waals surface area contributed by atoms with Gasteiger partial charge in [-0.15, -0.1) is 0 Å². The number of ether oxygens (including phenoxy) is 1. The van der Waals surface area contributed by atoms with Crippen LogP contribution in [0.4, 0.5) is 4.79 Å². The molecule has 31 heavy (non-hydrogen) atoms. The Bertz CT molecular complexity index is 827. The number of aliphatic hydroxyl groups excluding tert-OH is 2. The molecule has 0 aliphatic heterocycles. The topological polar surface area (TPSA) is 82.0 Å². The van der Waals surface area contributed by atoms with Crippen molar-refractivity contribution in [2.45, 2.75) is 38.6 Å². The Morgan fingerprint density at radius 3 is 1.94 bits per heavy atom. The molecule has 0 aromatic heterocycles. The number of aliphatic hydroxyl groups is 2. The summed E-state index contributed by atoms with van der Waals surface area (Å²) in [6.45, 7) is 6.08. The fraction of sp³-hybridized carbons (Fsp3) is 0.435. The highest BCUT2D eigenvalue weighted by molar-refractivity contribution is 6.30. The predicted molar refractivity (Wildman–Crippen MR) is 126 cm³/mol. The molecule has 2 aromatic rings. The molecule has 2 aromatic carbocycles. The highest BCUT2D eigenvalue weighted by Crippen LogP contribution is 2.19. The first-order valence-electron chi connectivity index (χ1n) is 9.88. The Kier molecular flexibility index (Phi) is 11.3. The number of hydrogen-bond acceptors (Lipinski definition) is 5. The number of nitrogens with zero attached hydrogens (tertiary/aromatic N) is 1. The van der Waals surface area contributed by atoms with Gasteiger partial charge in [-0.1, -0.05) is 47.5 Å². The van der Waals surface area contributed by atoms with Gasteiger partial charge >= 0.3 is 6.09 Å². The molecule has 2 rings (SSSR count). The first-order chi connectivity index (χ1) is 14.4. The number of rotatable bonds is 6. The summed E-state index contributed by atoms with van der Waals surface area (Å²) in [5.41, 5.74) is 0.964. The fourth-order valence-electron chi connectivity index (χ4n) is 2.52. The van der Waals surface area contributed by atoms with Crippen molar-refractivity contribution in [3.05, 3.63) is 69.7 Å². The van der Waals surface area contributed by atoms with Crippen LogP contribution < -0.4 is 5.32 Å². The SMILES string of the molecule is CN(C[C@H](O)c1cccc(Cl)c1)C(=O)OC(C)(C)C.CNC[C@H](O)c1cccc(Cl)c1. The highest BCUT2D eigenvalue weighted by atomic mass is 35.5. The molecule has 0 aliphatic carbocycles. The zero-order chi connectivity index (χ0) is 23.6. The third-order valence-electron chi connectivity index (χ3n) is 4.02. The van der Waals surface area contributed by atoms with Crippen molar-refractivity contribution in [3.63, 3.8) is 0 Å². The molecule has 6 nitrogen and oxygen atoms in total. The minimum atomic E-state index is -0.795. The van der Waals surface area contributed by atoms with E-state index in [4.69, 9.17) is 27.9 Å². The second kappa shape index (κ2) is 12.9. The molecule has 0 saturated carbocycles. The number of nitrogens with one attached hydrogen (secondary N) is 1. The van der Waals surface area contributed by atoms with Gasteiger partial charge in [0.15, 0.2) is 0 Å². The first kappa shape index (κ1) is 27.2. The maximum absolute atomic E-state index is 11.8. The second-order valence-corrected chi connectivity index (χ2v) is 8.93. The van der Waals surface area contributed by atoms with Crippen LogP contribution in [0.25, 0.3) is 0 Å². The Morgan fingerprint density at radius 2 is 1.52 bits per heavy atom. The maximum atomic E-state index is 11.8. The van der Waals surface area contributed by atoms with E-state index in [1.807, 2.05) is 12.1 Å². The summed E-state index contributed by atoms with van der Waals surface area (Å²) in [5.74, 6) is 0. The molecule has 0 spiro atoms. The monoisotopic (exact) mass is 470 g/mol. The Hall–Kier alpha value is -1.83. The van der Waals surface area contributed by atoms with Gasteiger partial charge in [0.25, 0.3) is 0 Å². The molecule has 172 valence electrons. The molecule has 8 heteroatoms. The number of likely N-dealkylation sites (N-methyl/N-ethyl adjacent to an activating group) is 2. The molecule has 1 amide bonds. The van der Waals surface area contributed by atoms with Gasteiger partial charge in [0.1, 0.15) is 5.60 Å². The number of amides is 1. The van der Waals surface area contributed by atoms with Crippen LogP contribution in [0.1, 0.15) is 44.1 Å². The van der Waals surface area contributed by atoms with Gasteiger partial charge in [-0.2, -0.15) is 0 Å². The van der Waals surface area contributed by atoms with Crippen LogP contribution in [0, 0.1) is 0 Å². The van der Waals surface area contributed by atoms with Gasteiger partial charge in [-0.3, -0.25) is 0 Å². The van der Waals surface area contributed by atoms with Crippen molar-refractivity contribution in [1.82, 2.24) is 10.2 Å². The molecule has 2 atom stereocenters. The lowest BCUT2D eigenvalue weighted by Gasteiger charge is -2.26. The lowest BCUT2D eigenvalue weighted by Crippen LogP contribution is -2.36. The Balaban J connectivity index is 0.000000343. The third kappa shape index (κ3) is 10.8. The molecule has 0 bridgehead atoms. The summed E-state index contributed by atoms with van der Waals surface area (Å²) >= 11 is 11.6. The standard InChI is InChI=1S/C14H20ClNO3.C9H12ClNO/c1-14(2,3)19-13(18)16(4)9-12(17)10-6-5-7-11(15)8-10;1-11-6-9(12)7-3-2-4-8(10)5-7/h5-8,12,17H,9H2,1-4H3;2-5,9,11-12H,6H2,1H3/t12-;9-/m00/s1. The van der Waals surface area contributed by atoms with E-state index in [2.05, 4.69) is 5.32 Å². The van der Waals surface area contributed by atoms with E-state index in [0.717, 1.165) is 5.56 Å². The van der Waals surface area contributed by atoms with Crippen molar-refractivity contribution >= 4 is 29.3 Å². The largest absolute Gasteiger partial charge is 0.444 e. The number of carbonyl (C=O) groups excluding carboxylic acids is 1. The lowest BCUT2D eigenvalue weighted by atomic mass is 10.1. The van der Waals surface area contributed by atoms with Crippen LogP contribution in [0.15, 0.2) is 48.5 Å². The van der Waals surface area contributed by atoms with Gasteiger partial charge in [0.05, 0.1) is 18.8 Å². The Labute approximate surface area is 194 Å². The maximum Gasteiger partial charge on any atom is 0.410 e. The molecular formula is C23H32Cl2N2O4. The van der Waals surface area contributed by atoms with Crippen LogP contribution >= 0.6 is 23.2 Å².